The van der Waals surface area contributed by atoms with Gasteiger partial charge in [-0.05, 0) is 48.2 Å². The molecule has 0 bridgehead atoms. The van der Waals surface area contributed by atoms with Gasteiger partial charge in [-0.15, -0.1) is 0 Å². The number of nitro groups is 1. The molecule has 0 aliphatic rings. The Labute approximate surface area is 159 Å². The molecule has 0 saturated carbocycles. The van der Waals surface area contributed by atoms with Gasteiger partial charge >= 0.3 is 6.09 Å². The van der Waals surface area contributed by atoms with Crippen LogP contribution in [0.15, 0.2) is 53.0 Å². The van der Waals surface area contributed by atoms with Gasteiger partial charge < -0.3 is 15.1 Å². The molecule has 0 spiro atoms. The predicted octanol–water partition coefficient (Wildman–Crippen LogP) is 4.00. The van der Waals surface area contributed by atoms with Crippen LogP contribution >= 0.6 is 15.9 Å². The molecular formula is C18H19BrN2O5. The fraction of sp³-hybridized carbons (Fsp3) is 0.278. The van der Waals surface area contributed by atoms with Crippen LogP contribution in [0, 0.1) is 10.1 Å². The van der Waals surface area contributed by atoms with Crippen molar-refractivity contribution in [2.24, 2.45) is 0 Å². The Balaban J connectivity index is 1.91. The van der Waals surface area contributed by atoms with Gasteiger partial charge in [0.05, 0.1) is 17.6 Å². The third-order valence-corrected chi connectivity index (χ3v) is 4.49. The second kappa shape index (κ2) is 9.30. The van der Waals surface area contributed by atoms with Gasteiger partial charge in [0.25, 0.3) is 5.69 Å². The van der Waals surface area contributed by atoms with Crippen LogP contribution < -0.4 is 0 Å². The first-order valence-corrected chi connectivity index (χ1v) is 8.81. The van der Waals surface area contributed by atoms with E-state index >= 15 is 0 Å². The summed E-state index contributed by atoms with van der Waals surface area (Å²) in [4.78, 5) is 22.7. The molecule has 0 saturated heterocycles. The Morgan fingerprint density at radius 2 is 1.77 bits per heavy atom. The zero-order valence-corrected chi connectivity index (χ0v) is 15.5. The van der Waals surface area contributed by atoms with Gasteiger partial charge in [0.1, 0.15) is 0 Å². The Morgan fingerprint density at radius 3 is 2.31 bits per heavy atom. The predicted molar refractivity (Wildman–Crippen MR) is 100 cm³/mol. The van der Waals surface area contributed by atoms with E-state index in [4.69, 9.17) is 0 Å². The van der Waals surface area contributed by atoms with Gasteiger partial charge in [0.2, 0.25) is 0 Å². The Kier molecular flexibility index (Phi) is 7.11. The standard InChI is InChI=1S/C18H19BrN2O5/c19-15-7-3-13(4-8-15)2-1-11-20(18(23)24)12-17(22)14-5-9-16(10-6-14)21(25)26/h3-10,17,22H,1-2,11-12H2,(H,23,24)/t17-/m0/s1. The number of aryl methyl sites for hydroxylation is 1. The summed E-state index contributed by atoms with van der Waals surface area (Å²) in [6.45, 7) is 0.197. The number of rotatable bonds is 8. The maximum atomic E-state index is 11.4. The summed E-state index contributed by atoms with van der Waals surface area (Å²) in [5.74, 6) is 0. The SMILES string of the molecule is O=C(O)N(CCCc1ccc(Br)cc1)C[C@H](O)c1ccc([N+](=O)[O-])cc1. The lowest BCUT2D eigenvalue weighted by molar-refractivity contribution is -0.384. The van der Waals surface area contributed by atoms with Gasteiger partial charge in [-0.3, -0.25) is 10.1 Å². The van der Waals surface area contributed by atoms with Crippen molar-refractivity contribution < 1.29 is 19.9 Å². The van der Waals surface area contributed by atoms with Crippen LogP contribution in [0.5, 0.6) is 0 Å². The second-order valence-electron chi connectivity index (χ2n) is 5.82. The molecule has 0 aliphatic carbocycles. The van der Waals surface area contributed by atoms with E-state index in [1.165, 1.54) is 24.3 Å². The molecule has 0 unspecified atom stereocenters. The summed E-state index contributed by atoms with van der Waals surface area (Å²) in [6, 6.07) is 13.3. The number of carboxylic acid groups (broad SMARTS) is 1. The number of nitro benzene ring substituents is 1. The molecule has 2 N–H and O–H groups in total. The maximum Gasteiger partial charge on any atom is 0.407 e. The minimum absolute atomic E-state index is 0.0782. The Hall–Kier alpha value is -2.45. The minimum Gasteiger partial charge on any atom is -0.465 e. The third kappa shape index (κ3) is 5.82. The Morgan fingerprint density at radius 1 is 1.15 bits per heavy atom. The smallest absolute Gasteiger partial charge is 0.407 e. The number of aliphatic hydroxyl groups is 1. The van der Waals surface area contributed by atoms with Crippen LogP contribution in [0.4, 0.5) is 10.5 Å². The molecule has 0 radical (unpaired) electrons. The first-order chi connectivity index (χ1) is 12.4. The highest BCUT2D eigenvalue weighted by Gasteiger charge is 2.18. The number of amides is 1. The van der Waals surface area contributed by atoms with E-state index in [0.29, 0.717) is 12.0 Å². The van der Waals surface area contributed by atoms with E-state index in [9.17, 15) is 25.1 Å². The molecule has 1 amide bonds. The molecule has 0 fully saturated rings. The van der Waals surface area contributed by atoms with Gasteiger partial charge in [-0.25, -0.2) is 4.79 Å². The van der Waals surface area contributed by atoms with Crippen molar-refractivity contribution in [2.75, 3.05) is 13.1 Å². The zero-order chi connectivity index (χ0) is 19.1. The molecule has 0 aromatic heterocycles. The lowest BCUT2D eigenvalue weighted by Crippen LogP contribution is -2.34. The highest BCUT2D eigenvalue weighted by molar-refractivity contribution is 9.10. The number of aliphatic hydroxyl groups excluding tert-OH is 1. The molecule has 1 atom stereocenters. The molecule has 138 valence electrons. The van der Waals surface area contributed by atoms with E-state index in [0.717, 1.165) is 21.4 Å². The normalized spacial score (nSPS) is 11.8. The number of hydrogen-bond acceptors (Lipinski definition) is 4. The van der Waals surface area contributed by atoms with Crippen molar-refractivity contribution in [3.63, 3.8) is 0 Å². The van der Waals surface area contributed by atoms with E-state index in [1.54, 1.807) is 0 Å². The first-order valence-electron chi connectivity index (χ1n) is 8.01. The number of halogens is 1. The molecule has 0 heterocycles. The van der Waals surface area contributed by atoms with Crippen LogP contribution in [-0.4, -0.2) is 39.2 Å². The van der Waals surface area contributed by atoms with Crippen LogP contribution in [0.1, 0.15) is 23.7 Å². The molecule has 8 heteroatoms. The third-order valence-electron chi connectivity index (χ3n) is 3.96. The van der Waals surface area contributed by atoms with Crippen molar-refractivity contribution in [1.82, 2.24) is 4.90 Å². The quantitative estimate of drug-likeness (QED) is 0.493. The number of carbonyl (C=O) groups is 1. The number of nitrogens with zero attached hydrogens (tertiary/aromatic N) is 2. The van der Waals surface area contributed by atoms with Gasteiger partial charge in [0.15, 0.2) is 0 Å². The zero-order valence-electron chi connectivity index (χ0n) is 13.9. The highest BCUT2D eigenvalue weighted by atomic mass is 79.9. The van der Waals surface area contributed by atoms with Crippen molar-refractivity contribution in [1.29, 1.82) is 0 Å². The summed E-state index contributed by atoms with van der Waals surface area (Å²) in [5, 5.41) is 30.2. The largest absolute Gasteiger partial charge is 0.465 e. The van der Waals surface area contributed by atoms with Crippen LogP contribution in [0.3, 0.4) is 0 Å². The summed E-state index contributed by atoms with van der Waals surface area (Å²) in [5.41, 5.74) is 1.47. The molecule has 2 aromatic rings. The van der Waals surface area contributed by atoms with Crippen LogP contribution in [0.25, 0.3) is 0 Å². The van der Waals surface area contributed by atoms with Crippen molar-refractivity contribution >= 4 is 27.7 Å². The van der Waals surface area contributed by atoms with E-state index in [1.807, 2.05) is 24.3 Å². The summed E-state index contributed by atoms with van der Waals surface area (Å²) in [6.07, 6.45) is -0.799. The molecule has 26 heavy (non-hydrogen) atoms. The molecule has 2 rings (SSSR count). The molecular weight excluding hydrogens is 404 g/mol. The molecule has 7 nitrogen and oxygen atoms in total. The highest BCUT2D eigenvalue weighted by Crippen LogP contribution is 2.19. The van der Waals surface area contributed by atoms with Crippen molar-refractivity contribution in [3.8, 4) is 0 Å². The molecule has 0 aliphatic heterocycles. The van der Waals surface area contributed by atoms with Gasteiger partial charge in [-0.1, -0.05) is 28.1 Å². The minimum atomic E-state index is -1.11. The van der Waals surface area contributed by atoms with Crippen LogP contribution in [-0.2, 0) is 6.42 Å². The van der Waals surface area contributed by atoms with Crippen molar-refractivity contribution in [2.45, 2.75) is 18.9 Å². The maximum absolute atomic E-state index is 11.4. The van der Waals surface area contributed by atoms with E-state index in [2.05, 4.69) is 15.9 Å². The van der Waals surface area contributed by atoms with E-state index in [-0.39, 0.29) is 18.8 Å². The van der Waals surface area contributed by atoms with Gasteiger partial charge in [-0.2, -0.15) is 0 Å². The van der Waals surface area contributed by atoms with E-state index < -0.39 is 17.1 Å². The summed E-state index contributed by atoms with van der Waals surface area (Å²) in [7, 11) is 0. The topological polar surface area (TPSA) is 104 Å². The first kappa shape index (κ1) is 19.9. The average Bonchev–Trinajstić information content (AvgIpc) is 2.62. The fourth-order valence-electron chi connectivity index (χ4n) is 2.52. The fourth-order valence-corrected chi connectivity index (χ4v) is 2.79. The molecule has 2 aromatic carbocycles. The van der Waals surface area contributed by atoms with Gasteiger partial charge in [0, 0.05) is 23.2 Å². The summed E-state index contributed by atoms with van der Waals surface area (Å²) < 4.78 is 0.986. The average molecular weight is 423 g/mol. The Bertz CT molecular complexity index is 749. The second-order valence-corrected chi connectivity index (χ2v) is 6.74. The number of hydrogen-bond donors (Lipinski definition) is 2. The number of benzene rings is 2. The lowest BCUT2D eigenvalue weighted by Gasteiger charge is -2.22. The van der Waals surface area contributed by atoms with Crippen molar-refractivity contribution in [3.05, 3.63) is 74.2 Å². The lowest BCUT2D eigenvalue weighted by atomic mass is 10.1. The monoisotopic (exact) mass is 422 g/mol. The summed E-state index contributed by atoms with van der Waals surface area (Å²) >= 11 is 3.37. The van der Waals surface area contributed by atoms with Crippen LogP contribution in [0.2, 0.25) is 0 Å². The number of non-ortho nitro benzene ring substituents is 1.